The summed E-state index contributed by atoms with van der Waals surface area (Å²) in [5.41, 5.74) is 8.08. The fraction of sp³-hybridized carbons (Fsp3) is 0.367. The van der Waals surface area contributed by atoms with Crippen LogP contribution < -0.4 is 15.0 Å². The number of ether oxygens (including phenoxy) is 2. The maximum Gasteiger partial charge on any atom is 0.138 e. The first-order chi connectivity index (χ1) is 17.8. The largest absolute Gasteiger partial charge is 0.490 e. The molecule has 6 rings (SSSR count). The molecule has 36 heavy (non-hydrogen) atoms. The first kappa shape index (κ1) is 23.1. The van der Waals surface area contributed by atoms with Crippen molar-refractivity contribution >= 4 is 16.7 Å². The standard InChI is InChI=1S/C30H34N4O2/c1-2-21-19-23(5-8-29(21)36-25-10-17-35-18-11-25)26-9-12-32-30-27(26)20-28(33-30)22-3-6-24(7-4-22)34-15-13-31-14-16-34/h3-9,12,19-20,25,31H,2,10-11,13-18H2,1H3,(H,32,33). The Morgan fingerprint density at radius 2 is 1.75 bits per heavy atom. The summed E-state index contributed by atoms with van der Waals surface area (Å²) >= 11 is 0. The number of aryl methyl sites for hydroxylation is 1. The second-order valence-corrected chi connectivity index (χ2v) is 9.69. The van der Waals surface area contributed by atoms with E-state index in [2.05, 4.69) is 81.7 Å². The van der Waals surface area contributed by atoms with Crippen LogP contribution in [0.2, 0.25) is 0 Å². The summed E-state index contributed by atoms with van der Waals surface area (Å²) in [5, 5.41) is 4.56. The van der Waals surface area contributed by atoms with Gasteiger partial charge in [-0.1, -0.05) is 25.1 Å². The zero-order valence-electron chi connectivity index (χ0n) is 20.9. The van der Waals surface area contributed by atoms with Crippen LogP contribution in [-0.2, 0) is 11.2 Å². The summed E-state index contributed by atoms with van der Waals surface area (Å²) in [6.07, 6.45) is 4.98. The zero-order chi connectivity index (χ0) is 24.3. The molecule has 0 unspecified atom stereocenters. The smallest absolute Gasteiger partial charge is 0.138 e. The van der Waals surface area contributed by atoms with Crippen LogP contribution in [0.3, 0.4) is 0 Å². The van der Waals surface area contributed by atoms with Crippen molar-refractivity contribution in [2.45, 2.75) is 32.3 Å². The summed E-state index contributed by atoms with van der Waals surface area (Å²) in [7, 11) is 0. The van der Waals surface area contributed by atoms with E-state index in [1.807, 2.05) is 6.20 Å². The highest BCUT2D eigenvalue weighted by atomic mass is 16.5. The van der Waals surface area contributed by atoms with Gasteiger partial charge in [-0.15, -0.1) is 0 Å². The molecule has 2 fully saturated rings. The number of anilines is 1. The number of piperazine rings is 1. The summed E-state index contributed by atoms with van der Waals surface area (Å²) in [4.78, 5) is 10.6. The molecule has 0 aliphatic carbocycles. The van der Waals surface area contributed by atoms with Crippen molar-refractivity contribution in [2.24, 2.45) is 0 Å². The molecule has 6 nitrogen and oxygen atoms in total. The predicted molar refractivity (Wildman–Crippen MR) is 146 cm³/mol. The number of nitrogens with zero attached hydrogens (tertiary/aromatic N) is 2. The van der Waals surface area contributed by atoms with Crippen molar-refractivity contribution in [3.05, 3.63) is 66.4 Å². The normalized spacial score (nSPS) is 17.0. The minimum atomic E-state index is 0.243. The van der Waals surface area contributed by atoms with Gasteiger partial charge in [-0.05, 0) is 65.1 Å². The van der Waals surface area contributed by atoms with Crippen molar-refractivity contribution in [2.75, 3.05) is 44.3 Å². The van der Waals surface area contributed by atoms with Crippen LogP contribution in [0.1, 0.15) is 25.3 Å². The number of aromatic amines is 1. The van der Waals surface area contributed by atoms with Crippen molar-refractivity contribution in [1.29, 1.82) is 0 Å². The van der Waals surface area contributed by atoms with Crippen LogP contribution in [-0.4, -0.2) is 55.5 Å². The quantitative estimate of drug-likeness (QED) is 0.384. The maximum absolute atomic E-state index is 6.37. The average molecular weight is 483 g/mol. The van der Waals surface area contributed by atoms with Crippen molar-refractivity contribution in [3.8, 4) is 28.1 Å². The average Bonchev–Trinajstić information content (AvgIpc) is 3.39. The molecule has 4 aromatic rings. The van der Waals surface area contributed by atoms with E-state index in [-0.39, 0.29) is 6.10 Å². The summed E-state index contributed by atoms with van der Waals surface area (Å²) in [6, 6.07) is 19.8. The minimum absolute atomic E-state index is 0.243. The molecule has 2 aromatic heterocycles. The summed E-state index contributed by atoms with van der Waals surface area (Å²) in [6.45, 7) is 7.95. The van der Waals surface area contributed by atoms with Gasteiger partial charge in [-0.25, -0.2) is 4.98 Å². The molecule has 2 saturated heterocycles. The van der Waals surface area contributed by atoms with Gasteiger partial charge in [0.15, 0.2) is 0 Å². The first-order valence-corrected chi connectivity index (χ1v) is 13.2. The van der Waals surface area contributed by atoms with Crippen LogP contribution in [0, 0.1) is 0 Å². The van der Waals surface area contributed by atoms with Gasteiger partial charge in [0, 0.05) is 62.0 Å². The van der Waals surface area contributed by atoms with Gasteiger partial charge >= 0.3 is 0 Å². The molecule has 4 heterocycles. The molecular weight excluding hydrogens is 448 g/mol. The fourth-order valence-corrected chi connectivity index (χ4v) is 5.32. The van der Waals surface area contributed by atoms with Crippen molar-refractivity contribution < 1.29 is 9.47 Å². The summed E-state index contributed by atoms with van der Waals surface area (Å²) < 4.78 is 11.9. The maximum atomic E-state index is 6.37. The number of fused-ring (bicyclic) bond motifs is 1. The molecule has 0 saturated carbocycles. The van der Waals surface area contributed by atoms with Gasteiger partial charge in [0.25, 0.3) is 0 Å². The third kappa shape index (κ3) is 4.71. The third-order valence-electron chi connectivity index (χ3n) is 7.41. The topological polar surface area (TPSA) is 62.4 Å². The second kappa shape index (κ2) is 10.3. The van der Waals surface area contributed by atoms with Gasteiger partial charge in [-0.3, -0.25) is 0 Å². The lowest BCUT2D eigenvalue weighted by molar-refractivity contribution is 0.0252. The number of hydrogen-bond acceptors (Lipinski definition) is 5. The van der Waals surface area contributed by atoms with E-state index < -0.39 is 0 Å². The molecule has 186 valence electrons. The number of pyridine rings is 1. The number of nitrogens with one attached hydrogen (secondary N) is 2. The van der Waals surface area contributed by atoms with E-state index in [9.17, 15) is 0 Å². The van der Waals surface area contributed by atoms with Crippen LogP contribution in [0.25, 0.3) is 33.4 Å². The van der Waals surface area contributed by atoms with Gasteiger partial charge in [0.2, 0.25) is 0 Å². The SMILES string of the molecule is CCc1cc(-c2ccnc3[nH]c(-c4ccc(N5CCNCC5)cc4)cc23)ccc1OC1CCOCC1. The Kier molecular flexibility index (Phi) is 6.62. The molecule has 2 N–H and O–H groups in total. The van der Waals surface area contributed by atoms with Gasteiger partial charge in [0.1, 0.15) is 17.5 Å². The molecule has 0 spiro atoms. The van der Waals surface area contributed by atoms with E-state index in [4.69, 9.17) is 9.47 Å². The predicted octanol–water partition coefficient (Wildman–Crippen LogP) is 5.43. The number of hydrogen-bond donors (Lipinski definition) is 2. The Hall–Kier alpha value is -3.35. The molecule has 0 amide bonds. The third-order valence-corrected chi connectivity index (χ3v) is 7.41. The molecule has 2 aromatic carbocycles. The number of rotatable bonds is 6. The minimum Gasteiger partial charge on any atom is -0.490 e. The van der Waals surface area contributed by atoms with E-state index in [1.54, 1.807) is 0 Å². The number of H-pyrrole nitrogens is 1. The second-order valence-electron chi connectivity index (χ2n) is 9.69. The lowest BCUT2D eigenvalue weighted by Crippen LogP contribution is -2.43. The molecule has 0 radical (unpaired) electrons. The molecule has 6 heteroatoms. The number of aromatic nitrogens is 2. The highest BCUT2D eigenvalue weighted by molar-refractivity contribution is 5.96. The van der Waals surface area contributed by atoms with Crippen LogP contribution in [0.15, 0.2) is 60.8 Å². The lowest BCUT2D eigenvalue weighted by Gasteiger charge is -2.29. The number of benzene rings is 2. The fourth-order valence-electron chi connectivity index (χ4n) is 5.32. The Bertz CT molecular complexity index is 1320. The highest BCUT2D eigenvalue weighted by Gasteiger charge is 2.18. The van der Waals surface area contributed by atoms with Crippen LogP contribution in [0.5, 0.6) is 5.75 Å². The van der Waals surface area contributed by atoms with E-state index in [0.717, 1.165) is 81.1 Å². The Balaban J connectivity index is 1.28. The molecular formula is C30H34N4O2. The van der Waals surface area contributed by atoms with Crippen LogP contribution in [0.4, 0.5) is 5.69 Å². The Morgan fingerprint density at radius 3 is 2.53 bits per heavy atom. The molecule has 0 bridgehead atoms. The molecule has 2 aliphatic rings. The zero-order valence-corrected chi connectivity index (χ0v) is 20.9. The highest BCUT2D eigenvalue weighted by Crippen LogP contribution is 2.35. The molecule has 0 atom stereocenters. The Labute approximate surface area is 212 Å². The van der Waals surface area contributed by atoms with Gasteiger partial charge < -0.3 is 24.7 Å². The van der Waals surface area contributed by atoms with Crippen molar-refractivity contribution in [3.63, 3.8) is 0 Å². The summed E-state index contributed by atoms with van der Waals surface area (Å²) in [5.74, 6) is 0.998. The van der Waals surface area contributed by atoms with E-state index in [0.29, 0.717) is 0 Å². The van der Waals surface area contributed by atoms with Crippen molar-refractivity contribution in [1.82, 2.24) is 15.3 Å². The Morgan fingerprint density at radius 1 is 0.972 bits per heavy atom. The van der Waals surface area contributed by atoms with Gasteiger partial charge in [0.05, 0.1) is 13.2 Å². The monoisotopic (exact) mass is 482 g/mol. The first-order valence-electron chi connectivity index (χ1n) is 13.2. The van der Waals surface area contributed by atoms with E-state index in [1.165, 1.54) is 27.9 Å². The van der Waals surface area contributed by atoms with Crippen LogP contribution >= 0.6 is 0 Å². The lowest BCUT2D eigenvalue weighted by atomic mass is 9.99. The van der Waals surface area contributed by atoms with E-state index >= 15 is 0 Å². The van der Waals surface area contributed by atoms with Gasteiger partial charge in [-0.2, -0.15) is 0 Å². The molecule has 2 aliphatic heterocycles.